The van der Waals surface area contributed by atoms with Gasteiger partial charge in [0.2, 0.25) is 0 Å². The zero-order valence-corrected chi connectivity index (χ0v) is 11.6. The largest absolute Gasteiger partial charge is 0.271 e. The van der Waals surface area contributed by atoms with Crippen LogP contribution in [-0.4, -0.2) is 4.98 Å². The SMILES string of the molecule is CCC1CCCCC1C(NN)c1cnc(C)s1. The van der Waals surface area contributed by atoms with E-state index in [1.165, 1.54) is 37.0 Å². The van der Waals surface area contributed by atoms with Crippen molar-refractivity contribution in [3.05, 3.63) is 16.1 Å². The first-order valence-electron chi connectivity index (χ1n) is 6.64. The number of aromatic nitrogens is 1. The summed E-state index contributed by atoms with van der Waals surface area (Å²) in [6.45, 7) is 4.36. The third-order valence-electron chi connectivity index (χ3n) is 4.05. The molecule has 1 aliphatic rings. The Bertz CT molecular complexity index is 350. The summed E-state index contributed by atoms with van der Waals surface area (Å²) in [5, 5.41) is 1.13. The molecule has 0 amide bonds. The van der Waals surface area contributed by atoms with Crippen molar-refractivity contribution in [2.75, 3.05) is 0 Å². The van der Waals surface area contributed by atoms with E-state index in [9.17, 15) is 0 Å². The average Bonchev–Trinajstić information content (AvgIpc) is 2.77. The zero-order chi connectivity index (χ0) is 12.3. The molecule has 0 radical (unpaired) electrons. The lowest BCUT2D eigenvalue weighted by molar-refractivity contribution is 0.177. The van der Waals surface area contributed by atoms with Gasteiger partial charge in [0, 0.05) is 11.1 Å². The van der Waals surface area contributed by atoms with Crippen molar-refractivity contribution in [1.82, 2.24) is 10.4 Å². The molecule has 3 unspecified atom stereocenters. The van der Waals surface area contributed by atoms with E-state index >= 15 is 0 Å². The second-order valence-corrected chi connectivity index (χ2v) is 6.31. The van der Waals surface area contributed by atoms with Gasteiger partial charge in [-0.15, -0.1) is 11.3 Å². The van der Waals surface area contributed by atoms with Crippen LogP contribution in [0.1, 0.15) is 55.0 Å². The highest BCUT2D eigenvalue weighted by Crippen LogP contribution is 2.41. The molecule has 17 heavy (non-hydrogen) atoms. The predicted molar refractivity (Wildman–Crippen MR) is 72.7 cm³/mol. The lowest BCUT2D eigenvalue weighted by Gasteiger charge is -2.36. The highest BCUT2D eigenvalue weighted by atomic mass is 32.1. The first kappa shape index (κ1) is 13.0. The van der Waals surface area contributed by atoms with Crippen LogP contribution in [0.3, 0.4) is 0 Å². The van der Waals surface area contributed by atoms with Crippen molar-refractivity contribution in [2.24, 2.45) is 17.7 Å². The monoisotopic (exact) mass is 253 g/mol. The summed E-state index contributed by atoms with van der Waals surface area (Å²) in [6, 6.07) is 0.298. The summed E-state index contributed by atoms with van der Waals surface area (Å²) >= 11 is 1.77. The van der Waals surface area contributed by atoms with Crippen LogP contribution in [0.25, 0.3) is 0 Å². The van der Waals surface area contributed by atoms with Crippen LogP contribution in [0.15, 0.2) is 6.20 Å². The molecule has 1 aromatic rings. The van der Waals surface area contributed by atoms with E-state index in [1.807, 2.05) is 6.20 Å². The molecule has 1 fully saturated rings. The summed E-state index contributed by atoms with van der Waals surface area (Å²) in [7, 11) is 0. The van der Waals surface area contributed by atoms with Crippen molar-refractivity contribution >= 4 is 11.3 Å². The normalized spacial score (nSPS) is 27.0. The molecule has 0 saturated heterocycles. The van der Waals surface area contributed by atoms with Gasteiger partial charge in [-0.25, -0.2) is 4.98 Å². The number of rotatable bonds is 4. The molecule has 2 rings (SSSR count). The van der Waals surface area contributed by atoms with Crippen molar-refractivity contribution in [2.45, 2.75) is 52.0 Å². The average molecular weight is 253 g/mol. The molecule has 1 aromatic heterocycles. The third kappa shape index (κ3) is 2.87. The van der Waals surface area contributed by atoms with E-state index in [1.54, 1.807) is 11.3 Å². The molecule has 0 aromatic carbocycles. The van der Waals surface area contributed by atoms with Gasteiger partial charge in [0.15, 0.2) is 0 Å². The first-order valence-corrected chi connectivity index (χ1v) is 7.46. The maximum atomic E-state index is 5.79. The molecular formula is C13H23N3S. The molecule has 3 N–H and O–H groups in total. The van der Waals surface area contributed by atoms with E-state index in [0.717, 1.165) is 10.9 Å². The second-order valence-electron chi connectivity index (χ2n) is 5.04. The molecule has 1 aliphatic carbocycles. The maximum Gasteiger partial charge on any atom is 0.0897 e. The predicted octanol–water partition coefficient (Wildman–Crippen LogP) is 3.17. The van der Waals surface area contributed by atoms with Crippen molar-refractivity contribution < 1.29 is 0 Å². The zero-order valence-electron chi connectivity index (χ0n) is 10.8. The summed E-state index contributed by atoms with van der Waals surface area (Å²) in [4.78, 5) is 5.66. The Balaban J connectivity index is 2.16. The lowest BCUT2D eigenvalue weighted by atomic mass is 9.74. The van der Waals surface area contributed by atoms with E-state index in [4.69, 9.17) is 5.84 Å². The smallest absolute Gasteiger partial charge is 0.0897 e. The Morgan fingerprint density at radius 1 is 1.53 bits per heavy atom. The molecule has 0 aliphatic heterocycles. The third-order valence-corrected chi connectivity index (χ3v) is 5.04. The maximum absolute atomic E-state index is 5.79. The fourth-order valence-electron chi connectivity index (χ4n) is 3.12. The van der Waals surface area contributed by atoms with Gasteiger partial charge in [-0.2, -0.15) is 0 Å². The Kier molecular flexibility index (Phi) is 4.54. The number of hydrazine groups is 1. The number of nitrogens with zero attached hydrogens (tertiary/aromatic N) is 1. The highest BCUT2D eigenvalue weighted by molar-refractivity contribution is 7.11. The quantitative estimate of drug-likeness (QED) is 0.640. The van der Waals surface area contributed by atoms with Crippen LogP contribution in [0.4, 0.5) is 0 Å². The Hall–Kier alpha value is -0.450. The minimum atomic E-state index is 0.298. The van der Waals surface area contributed by atoms with Crippen molar-refractivity contribution in [3.63, 3.8) is 0 Å². The number of hydrogen-bond acceptors (Lipinski definition) is 4. The fraction of sp³-hybridized carbons (Fsp3) is 0.769. The molecule has 3 atom stereocenters. The van der Waals surface area contributed by atoms with Crippen LogP contribution in [0, 0.1) is 18.8 Å². The Morgan fingerprint density at radius 3 is 2.88 bits per heavy atom. The summed E-state index contributed by atoms with van der Waals surface area (Å²) in [5.74, 6) is 7.28. The molecule has 1 heterocycles. The number of nitrogens with one attached hydrogen (secondary N) is 1. The molecule has 4 heteroatoms. The van der Waals surface area contributed by atoms with E-state index in [0.29, 0.717) is 12.0 Å². The van der Waals surface area contributed by atoms with E-state index in [2.05, 4.69) is 24.3 Å². The van der Waals surface area contributed by atoms with Gasteiger partial charge in [0.25, 0.3) is 0 Å². The molecule has 96 valence electrons. The van der Waals surface area contributed by atoms with Crippen LogP contribution < -0.4 is 11.3 Å². The second kappa shape index (κ2) is 5.94. The van der Waals surface area contributed by atoms with Gasteiger partial charge in [0.05, 0.1) is 11.0 Å². The number of thiazole rings is 1. The van der Waals surface area contributed by atoms with Gasteiger partial charge >= 0.3 is 0 Å². The Morgan fingerprint density at radius 2 is 2.29 bits per heavy atom. The first-order chi connectivity index (χ1) is 8.26. The lowest BCUT2D eigenvalue weighted by Crippen LogP contribution is -2.37. The van der Waals surface area contributed by atoms with Gasteiger partial charge in [-0.1, -0.05) is 32.6 Å². The highest BCUT2D eigenvalue weighted by Gasteiger charge is 2.32. The van der Waals surface area contributed by atoms with Crippen LogP contribution in [0.2, 0.25) is 0 Å². The molecule has 3 nitrogen and oxygen atoms in total. The Labute approximate surface area is 108 Å². The van der Waals surface area contributed by atoms with Crippen LogP contribution >= 0.6 is 11.3 Å². The number of nitrogens with two attached hydrogens (primary N) is 1. The van der Waals surface area contributed by atoms with Gasteiger partial charge < -0.3 is 0 Å². The minimum Gasteiger partial charge on any atom is -0.271 e. The van der Waals surface area contributed by atoms with Gasteiger partial charge in [-0.3, -0.25) is 11.3 Å². The summed E-state index contributed by atoms with van der Waals surface area (Å²) < 4.78 is 0. The number of hydrogen-bond donors (Lipinski definition) is 2. The standard InChI is InChI=1S/C13H23N3S/c1-3-10-6-4-5-7-11(10)13(16-14)12-8-15-9(2)17-12/h8,10-11,13,16H,3-7,14H2,1-2H3. The van der Waals surface area contributed by atoms with Crippen molar-refractivity contribution in [3.8, 4) is 0 Å². The minimum absolute atomic E-state index is 0.298. The van der Waals surface area contributed by atoms with E-state index < -0.39 is 0 Å². The molecule has 0 spiro atoms. The van der Waals surface area contributed by atoms with Gasteiger partial charge in [0.1, 0.15) is 0 Å². The van der Waals surface area contributed by atoms with Gasteiger partial charge in [-0.05, 0) is 25.2 Å². The summed E-state index contributed by atoms with van der Waals surface area (Å²) in [5.41, 5.74) is 3.04. The summed E-state index contributed by atoms with van der Waals surface area (Å²) in [6.07, 6.45) is 8.64. The molecular weight excluding hydrogens is 230 g/mol. The van der Waals surface area contributed by atoms with Crippen LogP contribution in [0.5, 0.6) is 0 Å². The van der Waals surface area contributed by atoms with Crippen molar-refractivity contribution in [1.29, 1.82) is 0 Å². The molecule has 0 bridgehead atoms. The van der Waals surface area contributed by atoms with E-state index in [-0.39, 0.29) is 0 Å². The van der Waals surface area contributed by atoms with Crippen LogP contribution in [-0.2, 0) is 0 Å². The topological polar surface area (TPSA) is 50.9 Å². The fourth-order valence-corrected chi connectivity index (χ4v) is 4.04. The number of aryl methyl sites for hydroxylation is 1. The molecule has 1 saturated carbocycles.